The Morgan fingerprint density at radius 1 is 0.714 bits per heavy atom. The van der Waals surface area contributed by atoms with E-state index in [4.69, 9.17) is 9.47 Å². The van der Waals surface area contributed by atoms with Gasteiger partial charge in [-0.3, -0.25) is 0 Å². The normalized spacial score (nSPS) is 12.4. The topological polar surface area (TPSA) is 76.7 Å². The second kappa shape index (κ2) is 15.2. The summed E-state index contributed by atoms with van der Waals surface area (Å²) in [5.41, 5.74) is 4.42. The predicted octanol–water partition coefficient (Wildman–Crippen LogP) is 5.99. The van der Waals surface area contributed by atoms with Crippen LogP contribution >= 0.6 is 0 Å². The van der Waals surface area contributed by atoms with E-state index >= 15 is 0 Å². The lowest BCUT2D eigenvalue weighted by Crippen LogP contribution is -2.25. The van der Waals surface area contributed by atoms with Gasteiger partial charge in [0.2, 0.25) is 0 Å². The molecule has 0 saturated heterocycles. The predicted molar refractivity (Wildman–Crippen MR) is 138 cm³/mol. The number of allylic oxidation sites excluding steroid dienone is 6. The van der Waals surface area contributed by atoms with Gasteiger partial charge in [0.15, 0.2) is 0 Å². The molecular weight excluding hydrogens is 440 g/mol. The summed E-state index contributed by atoms with van der Waals surface area (Å²) in [4.78, 5) is 23.9. The highest BCUT2D eigenvalue weighted by Gasteiger charge is 2.06. The highest BCUT2D eigenvalue weighted by molar-refractivity contribution is 5.67. The van der Waals surface area contributed by atoms with E-state index < -0.39 is 12.2 Å². The average Bonchev–Trinajstić information content (AvgIpc) is 3.16. The van der Waals surface area contributed by atoms with E-state index in [2.05, 4.69) is 34.9 Å². The van der Waals surface area contributed by atoms with Gasteiger partial charge in [-0.25, -0.2) is 9.59 Å². The second-order valence-corrected chi connectivity index (χ2v) is 8.33. The van der Waals surface area contributed by atoms with Crippen molar-refractivity contribution in [3.63, 3.8) is 0 Å². The van der Waals surface area contributed by atoms with Crippen LogP contribution in [0.4, 0.5) is 9.59 Å². The van der Waals surface area contributed by atoms with E-state index in [0.717, 1.165) is 43.2 Å². The van der Waals surface area contributed by atoms with E-state index in [0.29, 0.717) is 26.3 Å². The zero-order valence-electron chi connectivity index (χ0n) is 20.1. The summed E-state index contributed by atoms with van der Waals surface area (Å²) in [5, 5.41) is 5.55. The van der Waals surface area contributed by atoms with Crippen LogP contribution in [0.5, 0.6) is 0 Å². The Bertz CT molecular complexity index is 1030. The monoisotopic (exact) mass is 474 g/mol. The number of amides is 2. The molecule has 1 aliphatic rings. The van der Waals surface area contributed by atoms with E-state index in [1.807, 2.05) is 60.7 Å². The van der Waals surface area contributed by atoms with E-state index in [1.165, 1.54) is 11.1 Å². The van der Waals surface area contributed by atoms with Crippen molar-refractivity contribution in [1.82, 2.24) is 10.6 Å². The number of hydrogen-bond donors (Lipinski definition) is 2. The van der Waals surface area contributed by atoms with E-state index in [9.17, 15) is 9.59 Å². The Kier molecular flexibility index (Phi) is 11.2. The van der Waals surface area contributed by atoms with E-state index in [1.54, 1.807) is 0 Å². The molecule has 6 nitrogen and oxygen atoms in total. The van der Waals surface area contributed by atoms with Gasteiger partial charge in [-0.05, 0) is 48.8 Å². The summed E-state index contributed by atoms with van der Waals surface area (Å²) < 4.78 is 10.5. The Balaban J connectivity index is 1.27. The molecular formula is C29H34N2O4. The van der Waals surface area contributed by atoms with Crippen LogP contribution in [0.1, 0.15) is 42.4 Å². The number of alkyl carbamates (subject to hydrolysis) is 2. The van der Waals surface area contributed by atoms with Gasteiger partial charge >= 0.3 is 12.2 Å². The number of benzene rings is 2. The number of rotatable bonds is 12. The third-order valence-corrected chi connectivity index (χ3v) is 5.50. The standard InChI is InChI=1S/C29H34N2O4/c32-28(34-19-9-17-24-11-4-1-2-5-12-24)30-22-26-15-8-16-27(21-26)23-31-29(33)35-20-10-18-25-13-6-3-7-14-25/h1-8,11,13-16,21H,9-10,12,17-20,22-23H2,(H,30,32)(H,31,33). The fourth-order valence-corrected chi connectivity index (χ4v) is 3.66. The van der Waals surface area contributed by atoms with Crippen LogP contribution in [0.25, 0.3) is 0 Å². The third kappa shape index (κ3) is 10.8. The molecule has 0 aliphatic heterocycles. The highest BCUT2D eigenvalue weighted by Crippen LogP contribution is 2.13. The maximum atomic E-state index is 12.0. The Labute approximate surface area is 207 Å². The lowest BCUT2D eigenvalue weighted by Gasteiger charge is -2.10. The first kappa shape index (κ1) is 25.8. The number of aryl methyl sites for hydroxylation is 1. The molecule has 2 aromatic carbocycles. The van der Waals surface area contributed by atoms with Crippen molar-refractivity contribution < 1.29 is 19.1 Å². The molecule has 0 unspecified atom stereocenters. The molecule has 0 fully saturated rings. The lowest BCUT2D eigenvalue weighted by atomic mass is 10.1. The van der Waals surface area contributed by atoms with Crippen molar-refractivity contribution in [2.45, 2.75) is 45.2 Å². The first-order chi connectivity index (χ1) is 17.2. The van der Waals surface area contributed by atoms with Crippen molar-refractivity contribution in [2.75, 3.05) is 13.2 Å². The van der Waals surface area contributed by atoms with Crippen LogP contribution < -0.4 is 10.6 Å². The number of carbonyl (C=O) groups is 2. The molecule has 0 atom stereocenters. The molecule has 0 bridgehead atoms. The molecule has 2 N–H and O–H groups in total. The Hall–Kier alpha value is -3.80. The quantitative estimate of drug-likeness (QED) is 0.370. The second-order valence-electron chi connectivity index (χ2n) is 8.33. The zero-order valence-corrected chi connectivity index (χ0v) is 20.1. The largest absolute Gasteiger partial charge is 0.450 e. The maximum absolute atomic E-state index is 12.0. The van der Waals surface area contributed by atoms with Crippen molar-refractivity contribution >= 4 is 12.2 Å². The van der Waals surface area contributed by atoms with Gasteiger partial charge in [-0.1, -0.05) is 90.6 Å². The smallest absolute Gasteiger partial charge is 0.407 e. The first-order valence-electron chi connectivity index (χ1n) is 12.1. The molecule has 3 rings (SSSR count). The van der Waals surface area contributed by atoms with Crippen LogP contribution in [0.3, 0.4) is 0 Å². The van der Waals surface area contributed by atoms with Crippen LogP contribution in [0.2, 0.25) is 0 Å². The minimum Gasteiger partial charge on any atom is -0.450 e. The molecule has 184 valence electrons. The minimum absolute atomic E-state index is 0.357. The van der Waals surface area contributed by atoms with Crippen LogP contribution in [-0.4, -0.2) is 25.4 Å². The fraction of sp³-hybridized carbons (Fsp3) is 0.310. The summed E-state index contributed by atoms with van der Waals surface area (Å²) in [6.07, 6.45) is 13.8. The molecule has 35 heavy (non-hydrogen) atoms. The van der Waals surface area contributed by atoms with Gasteiger partial charge in [0.1, 0.15) is 0 Å². The summed E-state index contributed by atoms with van der Waals surface area (Å²) in [5.74, 6) is 0. The van der Waals surface area contributed by atoms with Crippen molar-refractivity contribution in [2.24, 2.45) is 0 Å². The molecule has 0 heterocycles. The van der Waals surface area contributed by atoms with Gasteiger partial charge in [0, 0.05) is 13.1 Å². The summed E-state index contributed by atoms with van der Waals surface area (Å²) in [6.45, 7) is 1.47. The molecule has 2 amide bonds. The minimum atomic E-state index is -0.433. The van der Waals surface area contributed by atoms with Gasteiger partial charge in [-0.2, -0.15) is 0 Å². The van der Waals surface area contributed by atoms with Crippen LogP contribution in [0.15, 0.2) is 90.6 Å². The average molecular weight is 475 g/mol. The summed E-state index contributed by atoms with van der Waals surface area (Å²) in [7, 11) is 0. The summed E-state index contributed by atoms with van der Waals surface area (Å²) >= 11 is 0. The number of nitrogens with one attached hydrogen (secondary N) is 2. The van der Waals surface area contributed by atoms with Gasteiger partial charge in [0.05, 0.1) is 13.2 Å². The SMILES string of the molecule is O=C(NCc1cccc(CNC(=O)OCCCc2ccccc2)c1)OCCCC1=CC=CC=CC1. The third-order valence-electron chi connectivity index (χ3n) is 5.50. The number of carbonyl (C=O) groups excluding carboxylic acids is 2. The van der Waals surface area contributed by atoms with Gasteiger partial charge in [0.25, 0.3) is 0 Å². The van der Waals surface area contributed by atoms with Crippen LogP contribution in [-0.2, 0) is 29.0 Å². The van der Waals surface area contributed by atoms with Gasteiger partial charge in [-0.15, -0.1) is 0 Å². The van der Waals surface area contributed by atoms with Gasteiger partial charge < -0.3 is 20.1 Å². The van der Waals surface area contributed by atoms with Crippen molar-refractivity contribution in [1.29, 1.82) is 0 Å². The zero-order chi connectivity index (χ0) is 24.6. The fourth-order valence-electron chi connectivity index (χ4n) is 3.66. The number of ether oxygens (including phenoxy) is 2. The maximum Gasteiger partial charge on any atom is 0.407 e. The Morgan fingerprint density at radius 2 is 1.34 bits per heavy atom. The van der Waals surface area contributed by atoms with Crippen LogP contribution in [0, 0.1) is 0 Å². The molecule has 0 aromatic heterocycles. The van der Waals surface area contributed by atoms with E-state index in [-0.39, 0.29) is 0 Å². The van der Waals surface area contributed by atoms with Crippen molar-refractivity contribution in [3.05, 3.63) is 107 Å². The first-order valence-corrected chi connectivity index (χ1v) is 12.1. The molecule has 6 heteroatoms. The summed E-state index contributed by atoms with van der Waals surface area (Å²) in [6, 6.07) is 17.8. The number of hydrogen-bond acceptors (Lipinski definition) is 4. The lowest BCUT2D eigenvalue weighted by molar-refractivity contribution is 0.143. The molecule has 0 radical (unpaired) electrons. The molecule has 0 saturated carbocycles. The molecule has 2 aromatic rings. The molecule has 0 spiro atoms. The van der Waals surface area contributed by atoms with Crippen molar-refractivity contribution in [3.8, 4) is 0 Å². The molecule has 1 aliphatic carbocycles. The highest BCUT2D eigenvalue weighted by atomic mass is 16.6. The Morgan fingerprint density at radius 3 is 2.03 bits per heavy atom.